The van der Waals surface area contributed by atoms with Crippen LogP contribution in [-0.4, -0.2) is 6.54 Å². The SMILES string of the molecule is Clc1ccc(CCNCc2sccc2Br)c(Cl)c1. The highest BCUT2D eigenvalue weighted by molar-refractivity contribution is 9.10. The molecule has 1 nitrogen and oxygen atoms in total. The van der Waals surface area contributed by atoms with Crippen molar-refractivity contribution in [3.05, 3.63) is 54.6 Å². The summed E-state index contributed by atoms with van der Waals surface area (Å²) in [7, 11) is 0. The van der Waals surface area contributed by atoms with Crippen molar-refractivity contribution in [3.8, 4) is 0 Å². The molecule has 1 aromatic heterocycles. The van der Waals surface area contributed by atoms with Crippen LogP contribution >= 0.6 is 50.5 Å². The normalized spacial score (nSPS) is 10.8. The molecule has 0 amide bonds. The van der Waals surface area contributed by atoms with Gasteiger partial charge in [-0.15, -0.1) is 11.3 Å². The number of benzene rings is 1. The van der Waals surface area contributed by atoms with Gasteiger partial charge < -0.3 is 5.32 Å². The molecule has 0 spiro atoms. The zero-order chi connectivity index (χ0) is 13.0. The van der Waals surface area contributed by atoms with Gasteiger partial charge in [-0.25, -0.2) is 0 Å². The third kappa shape index (κ3) is 3.97. The second-order valence-corrected chi connectivity index (χ2v) is 6.55. The van der Waals surface area contributed by atoms with E-state index in [1.807, 2.05) is 12.1 Å². The van der Waals surface area contributed by atoms with Crippen molar-refractivity contribution in [2.75, 3.05) is 6.54 Å². The Bertz CT molecular complexity index is 527. The molecule has 0 aliphatic carbocycles. The van der Waals surface area contributed by atoms with Crippen LogP contribution in [0.15, 0.2) is 34.1 Å². The van der Waals surface area contributed by atoms with Crippen molar-refractivity contribution < 1.29 is 0 Å². The van der Waals surface area contributed by atoms with E-state index in [1.54, 1.807) is 17.4 Å². The van der Waals surface area contributed by atoms with E-state index in [1.165, 1.54) is 9.35 Å². The molecule has 1 aromatic carbocycles. The molecule has 0 fully saturated rings. The van der Waals surface area contributed by atoms with Crippen molar-refractivity contribution in [3.63, 3.8) is 0 Å². The Balaban J connectivity index is 1.80. The second-order valence-electron chi connectivity index (χ2n) is 3.85. The van der Waals surface area contributed by atoms with E-state index in [9.17, 15) is 0 Å². The molecule has 2 rings (SSSR count). The third-order valence-corrected chi connectivity index (χ3v) is 5.08. The summed E-state index contributed by atoms with van der Waals surface area (Å²) in [4.78, 5) is 1.32. The van der Waals surface area contributed by atoms with Crippen LogP contribution in [0, 0.1) is 0 Å². The lowest BCUT2D eigenvalue weighted by molar-refractivity contribution is 0.692. The van der Waals surface area contributed by atoms with Crippen LogP contribution in [0.1, 0.15) is 10.4 Å². The molecule has 0 aliphatic heterocycles. The summed E-state index contributed by atoms with van der Waals surface area (Å²) in [6.45, 7) is 1.77. The van der Waals surface area contributed by atoms with E-state index in [0.717, 1.165) is 30.1 Å². The molecule has 0 unspecified atom stereocenters. The Kier molecular flexibility index (Phi) is 5.52. The molecular formula is C13H12BrCl2NS. The van der Waals surface area contributed by atoms with Gasteiger partial charge in [0.25, 0.3) is 0 Å². The Hall–Kier alpha value is -0.0600. The van der Waals surface area contributed by atoms with Gasteiger partial charge in [-0.3, -0.25) is 0 Å². The number of rotatable bonds is 5. The zero-order valence-corrected chi connectivity index (χ0v) is 13.5. The summed E-state index contributed by atoms with van der Waals surface area (Å²) in [6.07, 6.45) is 0.902. The summed E-state index contributed by atoms with van der Waals surface area (Å²) >= 11 is 17.2. The van der Waals surface area contributed by atoms with Crippen LogP contribution in [0.4, 0.5) is 0 Å². The quantitative estimate of drug-likeness (QED) is 0.723. The van der Waals surface area contributed by atoms with Gasteiger partial charge in [-0.2, -0.15) is 0 Å². The smallest absolute Gasteiger partial charge is 0.0453 e. The first-order chi connectivity index (χ1) is 8.66. The molecule has 96 valence electrons. The van der Waals surface area contributed by atoms with Crippen molar-refractivity contribution in [2.45, 2.75) is 13.0 Å². The standard InChI is InChI=1S/C13H12BrCl2NS/c14-11-4-6-18-13(11)8-17-5-3-9-1-2-10(15)7-12(9)16/h1-2,4,6-7,17H,3,5,8H2. The van der Waals surface area contributed by atoms with Gasteiger partial charge in [-0.1, -0.05) is 29.3 Å². The highest BCUT2D eigenvalue weighted by Crippen LogP contribution is 2.23. The Labute approximate surface area is 129 Å². The topological polar surface area (TPSA) is 12.0 Å². The minimum Gasteiger partial charge on any atom is -0.311 e. The van der Waals surface area contributed by atoms with Crippen LogP contribution in [0.2, 0.25) is 10.0 Å². The number of hydrogen-bond acceptors (Lipinski definition) is 2. The molecule has 0 aliphatic rings. The fourth-order valence-electron chi connectivity index (χ4n) is 1.60. The van der Waals surface area contributed by atoms with Gasteiger partial charge in [-0.05, 0) is 58.0 Å². The van der Waals surface area contributed by atoms with Gasteiger partial charge in [0.15, 0.2) is 0 Å². The molecule has 1 heterocycles. The predicted molar refractivity (Wildman–Crippen MR) is 83.9 cm³/mol. The molecule has 0 saturated carbocycles. The molecule has 18 heavy (non-hydrogen) atoms. The third-order valence-electron chi connectivity index (χ3n) is 2.56. The summed E-state index contributed by atoms with van der Waals surface area (Å²) in [5, 5.41) is 6.91. The van der Waals surface area contributed by atoms with Crippen LogP contribution < -0.4 is 5.32 Å². The zero-order valence-electron chi connectivity index (χ0n) is 9.55. The summed E-state index contributed by atoms with van der Waals surface area (Å²) in [6, 6.07) is 7.71. The Morgan fingerprint density at radius 2 is 2.06 bits per heavy atom. The molecule has 0 saturated heterocycles. The monoisotopic (exact) mass is 363 g/mol. The number of thiophene rings is 1. The minimum atomic E-state index is 0.680. The molecule has 0 radical (unpaired) electrons. The highest BCUT2D eigenvalue weighted by Gasteiger charge is 2.03. The van der Waals surface area contributed by atoms with Crippen LogP contribution in [0.5, 0.6) is 0 Å². The molecule has 2 aromatic rings. The van der Waals surface area contributed by atoms with Crippen molar-refractivity contribution in [1.29, 1.82) is 0 Å². The number of nitrogens with one attached hydrogen (secondary N) is 1. The lowest BCUT2D eigenvalue weighted by Gasteiger charge is -2.06. The summed E-state index contributed by atoms with van der Waals surface area (Å²) in [5.41, 5.74) is 1.12. The average molecular weight is 365 g/mol. The van der Waals surface area contributed by atoms with E-state index in [-0.39, 0.29) is 0 Å². The van der Waals surface area contributed by atoms with Crippen LogP contribution in [0.25, 0.3) is 0 Å². The van der Waals surface area contributed by atoms with Gasteiger partial charge in [0.05, 0.1) is 0 Å². The fraction of sp³-hybridized carbons (Fsp3) is 0.231. The van der Waals surface area contributed by atoms with Gasteiger partial charge in [0.2, 0.25) is 0 Å². The average Bonchev–Trinajstić information content (AvgIpc) is 2.73. The lowest BCUT2D eigenvalue weighted by atomic mass is 10.1. The van der Waals surface area contributed by atoms with Crippen molar-refractivity contribution in [2.24, 2.45) is 0 Å². The predicted octanol–water partition coefficient (Wildman–Crippen LogP) is 5.15. The summed E-state index contributed by atoms with van der Waals surface area (Å²) < 4.78 is 1.17. The van der Waals surface area contributed by atoms with E-state index < -0.39 is 0 Å². The fourth-order valence-corrected chi connectivity index (χ4v) is 3.57. The van der Waals surface area contributed by atoms with E-state index in [2.05, 4.69) is 32.7 Å². The Morgan fingerprint density at radius 3 is 2.72 bits per heavy atom. The molecule has 0 bridgehead atoms. The van der Waals surface area contributed by atoms with Gasteiger partial charge in [0.1, 0.15) is 0 Å². The highest BCUT2D eigenvalue weighted by atomic mass is 79.9. The molecular weight excluding hydrogens is 353 g/mol. The van der Waals surface area contributed by atoms with Gasteiger partial charge in [0, 0.05) is 25.9 Å². The van der Waals surface area contributed by atoms with Crippen LogP contribution in [0.3, 0.4) is 0 Å². The number of halogens is 3. The largest absolute Gasteiger partial charge is 0.311 e. The maximum Gasteiger partial charge on any atom is 0.0453 e. The van der Waals surface area contributed by atoms with E-state index >= 15 is 0 Å². The minimum absolute atomic E-state index is 0.680. The number of hydrogen-bond donors (Lipinski definition) is 1. The molecule has 1 N–H and O–H groups in total. The van der Waals surface area contributed by atoms with Crippen molar-refractivity contribution >= 4 is 50.5 Å². The Morgan fingerprint density at radius 1 is 1.22 bits per heavy atom. The lowest BCUT2D eigenvalue weighted by Crippen LogP contribution is -2.16. The first-order valence-electron chi connectivity index (χ1n) is 5.53. The maximum absolute atomic E-state index is 6.12. The first-order valence-corrected chi connectivity index (χ1v) is 7.96. The second kappa shape index (κ2) is 6.92. The maximum atomic E-state index is 6.12. The van der Waals surface area contributed by atoms with Gasteiger partial charge >= 0.3 is 0 Å². The first kappa shape index (κ1) is 14.4. The van der Waals surface area contributed by atoms with E-state index in [4.69, 9.17) is 23.2 Å². The van der Waals surface area contributed by atoms with E-state index in [0.29, 0.717) is 5.02 Å². The molecule has 5 heteroatoms. The summed E-state index contributed by atoms with van der Waals surface area (Å²) in [5.74, 6) is 0. The van der Waals surface area contributed by atoms with Crippen molar-refractivity contribution in [1.82, 2.24) is 5.32 Å². The van der Waals surface area contributed by atoms with Crippen LogP contribution in [-0.2, 0) is 13.0 Å². The molecule has 0 atom stereocenters.